The highest BCUT2D eigenvalue weighted by molar-refractivity contribution is 6.32. The summed E-state index contributed by atoms with van der Waals surface area (Å²) in [4.78, 5) is 15.5. The lowest BCUT2D eigenvalue weighted by atomic mass is 10.2. The van der Waals surface area contributed by atoms with Crippen LogP contribution in [-0.4, -0.2) is 52.9 Å². The first-order valence-corrected chi connectivity index (χ1v) is 9.48. The first-order chi connectivity index (χ1) is 13.0. The van der Waals surface area contributed by atoms with E-state index < -0.39 is 0 Å². The monoisotopic (exact) mass is 391 g/mol. The number of nitrogens with zero attached hydrogens (tertiary/aromatic N) is 4. The number of nitrogens with one attached hydrogen (secondary N) is 1. The summed E-state index contributed by atoms with van der Waals surface area (Å²) in [6.45, 7) is 6.38. The van der Waals surface area contributed by atoms with E-state index in [0.29, 0.717) is 18.2 Å². The van der Waals surface area contributed by atoms with Gasteiger partial charge in [-0.2, -0.15) is 5.10 Å². The van der Waals surface area contributed by atoms with Crippen molar-refractivity contribution >= 4 is 17.6 Å². The van der Waals surface area contributed by atoms with Gasteiger partial charge in [0, 0.05) is 33.7 Å². The highest BCUT2D eigenvalue weighted by Crippen LogP contribution is 2.26. The van der Waals surface area contributed by atoms with Crippen LogP contribution >= 0.6 is 11.6 Å². The van der Waals surface area contributed by atoms with E-state index in [0.717, 1.165) is 48.9 Å². The number of hydrogen-bond acceptors (Lipinski definition) is 4. The second kappa shape index (κ2) is 8.63. The molecule has 0 saturated carbocycles. The second-order valence-electron chi connectivity index (χ2n) is 6.81. The molecule has 0 spiro atoms. The maximum Gasteiger partial charge on any atom is 0.317 e. The molecule has 0 aliphatic carbocycles. The Morgan fingerprint density at radius 1 is 1.33 bits per heavy atom. The van der Waals surface area contributed by atoms with Crippen LogP contribution in [0.1, 0.15) is 23.9 Å². The van der Waals surface area contributed by atoms with E-state index >= 15 is 0 Å². The van der Waals surface area contributed by atoms with E-state index in [1.165, 1.54) is 4.90 Å². The predicted molar refractivity (Wildman–Crippen MR) is 105 cm³/mol. The minimum atomic E-state index is -0.116. The Morgan fingerprint density at radius 3 is 2.85 bits per heavy atom. The summed E-state index contributed by atoms with van der Waals surface area (Å²) in [5.74, 6) is 0.726. The quantitative estimate of drug-likeness (QED) is 0.822. The molecule has 1 aromatic carbocycles. The number of carbonyl (C=O) groups excluding carboxylic acids is 1. The molecular weight excluding hydrogens is 366 g/mol. The normalized spacial score (nSPS) is 13.9. The Morgan fingerprint density at radius 2 is 2.15 bits per heavy atom. The predicted octanol–water partition coefficient (Wildman–Crippen LogP) is 2.72. The van der Waals surface area contributed by atoms with Gasteiger partial charge in [0.2, 0.25) is 0 Å². The molecule has 3 rings (SSSR count). The first-order valence-electron chi connectivity index (χ1n) is 9.10. The number of aromatic nitrogens is 2. The minimum absolute atomic E-state index is 0.116. The lowest BCUT2D eigenvalue weighted by Crippen LogP contribution is -2.34. The van der Waals surface area contributed by atoms with Gasteiger partial charge in [0.15, 0.2) is 0 Å². The van der Waals surface area contributed by atoms with Crippen LogP contribution in [0.15, 0.2) is 24.3 Å². The summed E-state index contributed by atoms with van der Waals surface area (Å²) >= 11 is 6.30. The molecule has 146 valence electrons. The fourth-order valence-corrected chi connectivity index (χ4v) is 3.36. The third kappa shape index (κ3) is 4.93. The van der Waals surface area contributed by atoms with Gasteiger partial charge in [0.05, 0.1) is 36.1 Å². The van der Waals surface area contributed by atoms with Gasteiger partial charge in [-0.1, -0.05) is 17.7 Å². The van der Waals surface area contributed by atoms with E-state index in [1.54, 1.807) is 14.1 Å². The van der Waals surface area contributed by atoms with Gasteiger partial charge in [-0.25, -0.2) is 4.79 Å². The summed E-state index contributed by atoms with van der Waals surface area (Å²) in [6.07, 6.45) is 0. The van der Waals surface area contributed by atoms with Crippen LogP contribution in [0.4, 0.5) is 4.79 Å². The largest absolute Gasteiger partial charge is 0.492 e. The van der Waals surface area contributed by atoms with Crippen LogP contribution in [-0.2, 0) is 26.2 Å². The van der Waals surface area contributed by atoms with Crippen molar-refractivity contribution in [3.8, 4) is 5.75 Å². The van der Waals surface area contributed by atoms with Gasteiger partial charge in [-0.15, -0.1) is 0 Å². The molecular formula is C19H26ClN5O2. The zero-order valence-corrected chi connectivity index (χ0v) is 16.8. The lowest BCUT2D eigenvalue weighted by molar-refractivity contribution is 0.205. The third-order valence-electron chi connectivity index (χ3n) is 4.46. The molecule has 2 aromatic rings. The number of halogens is 1. The Kier molecular flexibility index (Phi) is 6.23. The number of ether oxygens (including phenoxy) is 1. The molecule has 0 radical (unpaired) electrons. The van der Waals surface area contributed by atoms with E-state index in [9.17, 15) is 4.79 Å². The SMILES string of the molecule is CCOc1ccc(CN2CCn3nc(CNC(=O)N(C)C)cc3C2)cc1Cl. The zero-order chi connectivity index (χ0) is 19.4. The summed E-state index contributed by atoms with van der Waals surface area (Å²) in [7, 11) is 3.44. The van der Waals surface area contributed by atoms with E-state index in [2.05, 4.69) is 27.4 Å². The molecule has 0 fully saturated rings. The van der Waals surface area contributed by atoms with Gasteiger partial charge in [0.25, 0.3) is 0 Å². The van der Waals surface area contributed by atoms with Crippen LogP contribution in [0.2, 0.25) is 5.02 Å². The van der Waals surface area contributed by atoms with Crippen molar-refractivity contribution in [3.63, 3.8) is 0 Å². The van der Waals surface area contributed by atoms with Crippen molar-refractivity contribution in [1.82, 2.24) is 24.9 Å². The number of urea groups is 1. The molecule has 1 aromatic heterocycles. The number of benzene rings is 1. The van der Waals surface area contributed by atoms with Crippen molar-refractivity contribution in [1.29, 1.82) is 0 Å². The molecule has 1 aliphatic heterocycles. The summed E-state index contributed by atoms with van der Waals surface area (Å²) in [5.41, 5.74) is 3.20. The van der Waals surface area contributed by atoms with Gasteiger partial charge in [0.1, 0.15) is 5.75 Å². The molecule has 2 heterocycles. The first kappa shape index (κ1) is 19.5. The van der Waals surface area contributed by atoms with Crippen molar-refractivity contribution in [2.75, 3.05) is 27.2 Å². The third-order valence-corrected chi connectivity index (χ3v) is 4.75. The average Bonchev–Trinajstić information content (AvgIpc) is 3.04. The fraction of sp³-hybridized carbons (Fsp3) is 0.474. The molecule has 2 amide bonds. The van der Waals surface area contributed by atoms with Crippen LogP contribution in [0.3, 0.4) is 0 Å². The van der Waals surface area contributed by atoms with E-state index in [-0.39, 0.29) is 6.03 Å². The van der Waals surface area contributed by atoms with Crippen LogP contribution in [0, 0.1) is 0 Å². The Bertz CT molecular complexity index is 805. The molecule has 0 saturated heterocycles. The topological polar surface area (TPSA) is 62.6 Å². The van der Waals surface area contributed by atoms with Crippen LogP contribution in [0.25, 0.3) is 0 Å². The number of hydrogen-bond donors (Lipinski definition) is 1. The molecule has 1 aliphatic rings. The molecule has 7 nitrogen and oxygen atoms in total. The van der Waals surface area contributed by atoms with Gasteiger partial charge in [-0.3, -0.25) is 9.58 Å². The van der Waals surface area contributed by atoms with Crippen molar-refractivity contribution in [2.45, 2.75) is 33.1 Å². The summed E-state index contributed by atoms with van der Waals surface area (Å²) < 4.78 is 7.52. The van der Waals surface area contributed by atoms with Gasteiger partial charge < -0.3 is 15.0 Å². The number of rotatable bonds is 6. The molecule has 27 heavy (non-hydrogen) atoms. The fourth-order valence-electron chi connectivity index (χ4n) is 3.10. The van der Waals surface area contributed by atoms with Gasteiger partial charge >= 0.3 is 6.03 Å². The molecule has 0 unspecified atom stereocenters. The van der Waals surface area contributed by atoms with E-state index in [1.807, 2.05) is 23.7 Å². The molecule has 8 heteroatoms. The molecule has 1 N–H and O–H groups in total. The minimum Gasteiger partial charge on any atom is -0.492 e. The smallest absolute Gasteiger partial charge is 0.317 e. The number of fused-ring (bicyclic) bond motifs is 1. The Balaban J connectivity index is 1.59. The molecule has 0 bridgehead atoms. The highest BCUT2D eigenvalue weighted by Gasteiger charge is 2.19. The highest BCUT2D eigenvalue weighted by atomic mass is 35.5. The number of carbonyl (C=O) groups is 1. The summed E-state index contributed by atoms with van der Waals surface area (Å²) in [6, 6.07) is 7.91. The van der Waals surface area contributed by atoms with Crippen LogP contribution < -0.4 is 10.1 Å². The average molecular weight is 392 g/mol. The van der Waals surface area contributed by atoms with Crippen molar-refractivity contribution < 1.29 is 9.53 Å². The molecule has 0 atom stereocenters. The van der Waals surface area contributed by atoms with Crippen LogP contribution in [0.5, 0.6) is 5.75 Å². The zero-order valence-electron chi connectivity index (χ0n) is 16.0. The van der Waals surface area contributed by atoms with Crippen molar-refractivity contribution in [3.05, 3.63) is 46.2 Å². The van der Waals surface area contributed by atoms with Gasteiger partial charge in [-0.05, 0) is 30.7 Å². The number of amides is 2. The Hall–Kier alpha value is -2.25. The van der Waals surface area contributed by atoms with Crippen molar-refractivity contribution in [2.24, 2.45) is 0 Å². The van der Waals surface area contributed by atoms with E-state index in [4.69, 9.17) is 16.3 Å². The lowest BCUT2D eigenvalue weighted by Gasteiger charge is -2.27. The maximum atomic E-state index is 11.7. The standard InChI is InChI=1S/C19H26ClN5O2/c1-4-27-18-6-5-14(9-17(18)20)12-24-7-8-25-16(13-24)10-15(22-25)11-21-19(26)23(2)3/h5-6,9-10H,4,7-8,11-13H2,1-3H3,(H,21,26). The second-order valence-corrected chi connectivity index (χ2v) is 7.22. The Labute approximate surface area is 164 Å². The maximum absolute atomic E-state index is 11.7. The summed E-state index contributed by atoms with van der Waals surface area (Å²) in [5, 5.41) is 8.09.